The standard InChI is InChI=1S/C21H29N3O5S3/c1-17-7-5-6-8-18(17)16-30-14-13-22-21(25)15-24(31(4,26)27)19-9-11-20(12-10-19)32(28,29)23(2)3/h5-12H,13-16H2,1-4H3,(H,22,25). The quantitative estimate of drug-likeness (QED) is 0.475. The van der Waals surface area contributed by atoms with Gasteiger partial charge in [0.25, 0.3) is 0 Å². The van der Waals surface area contributed by atoms with Crippen molar-refractivity contribution in [2.24, 2.45) is 0 Å². The molecule has 32 heavy (non-hydrogen) atoms. The number of hydrogen-bond donors (Lipinski definition) is 1. The Morgan fingerprint density at radius 2 is 1.62 bits per heavy atom. The summed E-state index contributed by atoms with van der Waals surface area (Å²) in [5.74, 6) is 1.09. The largest absolute Gasteiger partial charge is 0.354 e. The summed E-state index contributed by atoms with van der Waals surface area (Å²) < 4.78 is 50.9. The molecule has 0 unspecified atom stereocenters. The molecule has 8 nitrogen and oxygen atoms in total. The predicted molar refractivity (Wildman–Crippen MR) is 130 cm³/mol. The fraction of sp³-hybridized carbons (Fsp3) is 0.381. The van der Waals surface area contributed by atoms with Crippen molar-refractivity contribution in [1.82, 2.24) is 9.62 Å². The molecule has 0 saturated carbocycles. The number of aryl methyl sites for hydroxylation is 1. The van der Waals surface area contributed by atoms with Crippen LogP contribution in [0, 0.1) is 6.92 Å². The average Bonchev–Trinajstić information content (AvgIpc) is 2.72. The minimum absolute atomic E-state index is 0.0369. The molecule has 1 N–H and O–H groups in total. The molecular formula is C21H29N3O5S3. The Bertz CT molecular complexity index is 1130. The van der Waals surface area contributed by atoms with Gasteiger partial charge in [-0.05, 0) is 42.3 Å². The molecule has 0 bridgehead atoms. The highest BCUT2D eigenvalue weighted by molar-refractivity contribution is 7.98. The lowest BCUT2D eigenvalue weighted by molar-refractivity contribution is -0.119. The van der Waals surface area contributed by atoms with E-state index in [0.29, 0.717) is 12.3 Å². The van der Waals surface area contributed by atoms with Crippen LogP contribution >= 0.6 is 11.8 Å². The normalized spacial score (nSPS) is 12.0. The highest BCUT2D eigenvalue weighted by atomic mass is 32.2. The summed E-state index contributed by atoms with van der Waals surface area (Å²) in [6, 6.07) is 13.5. The minimum atomic E-state index is -3.75. The predicted octanol–water partition coefficient (Wildman–Crippen LogP) is 2.06. The van der Waals surface area contributed by atoms with E-state index in [-0.39, 0.29) is 17.1 Å². The van der Waals surface area contributed by atoms with Crippen molar-refractivity contribution >= 4 is 43.4 Å². The lowest BCUT2D eigenvalue weighted by Gasteiger charge is -2.22. The molecule has 11 heteroatoms. The van der Waals surface area contributed by atoms with Gasteiger partial charge in [-0.2, -0.15) is 11.8 Å². The zero-order valence-electron chi connectivity index (χ0n) is 18.6. The first-order chi connectivity index (χ1) is 14.9. The van der Waals surface area contributed by atoms with E-state index in [9.17, 15) is 21.6 Å². The van der Waals surface area contributed by atoms with Gasteiger partial charge in [-0.1, -0.05) is 24.3 Å². The summed E-state index contributed by atoms with van der Waals surface area (Å²) in [6.45, 7) is 2.08. The van der Waals surface area contributed by atoms with E-state index in [4.69, 9.17) is 0 Å². The Kier molecular flexibility index (Phi) is 9.14. The smallest absolute Gasteiger partial charge is 0.242 e. The summed E-state index contributed by atoms with van der Waals surface area (Å²) in [5.41, 5.74) is 2.68. The summed E-state index contributed by atoms with van der Waals surface area (Å²) in [5, 5.41) is 2.74. The zero-order valence-corrected chi connectivity index (χ0v) is 21.1. The molecule has 0 atom stereocenters. The monoisotopic (exact) mass is 499 g/mol. The molecule has 2 rings (SSSR count). The van der Waals surface area contributed by atoms with Crippen molar-refractivity contribution in [3.05, 3.63) is 59.7 Å². The van der Waals surface area contributed by atoms with Gasteiger partial charge >= 0.3 is 0 Å². The van der Waals surface area contributed by atoms with Crippen LogP contribution in [0.5, 0.6) is 0 Å². The Morgan fingerprint density at radius 3 is 2.19 bits per heavy atom. The Labute approximate surface area is 195 Å². The Hall–Kier alpha value is -2.08. The lowest BCUT2D eigenvalue weighted by atomic mass is 10.1. The summed E-state index contributed by atoms with van der Waals surface area (Å²) in [4.78, 5) is 12.4. The molecule has 0 aliphatic heterocycles. The fourth-order valence-corrected chi connectivity index (χ4v) is 5.49. The maximum atomic E-state index is 12.3. The molecule has 0 aromatic heterocycles. The summed E-state index contributed by atoms with van der Waals surface area (Å²) >= 11 is 1.68. The van der Waals surface area contributed by atoms with E-state index in [1.807, 2.05) is 12.1 Å². The van der Waals surface area contributed by atoms with E-state index in [1.54, 1.807) is 11.8 Å². The zero-order chi connectivity index (χ0) is 23.9. The van der Waals surface area contributed by atoms with Gasteiger partial charge in [0, 0.05) is 32.1 Å². The third-order valence-corrected chi connectivity index (χ3v) is 8.66. The number of rotatable bonds is 11. The third-order valence-electron chi connectivity index (χ3n) is 4.68. The van der Waals surface area contributed by atoms with Crippen molar-refractivity contribution < 1.29 is 21.6 Å². The topological polar surface area (TPSA) is 104 Å². The van der Waals surface area contributed by atoms with Crippen LogP contribution < -0.4 is 9.62 Å². The third kappa shape index (κ3) is 7.22. The number of amides is 1. The number of benzene rings is 2. The van der Waals surface area contributed by atoms with Crippen LogP contribution in [0.1, 0.15) is 11.1 Å². The molecule has 2 aromatic carbocycles. The van der Waals surface area contributed by atoms with E-state index in [1.165, 1.54) is 49.5 Å². The van der Waals surface area contributed by atoms with Crippen LogP contribution in [0.3, 0.4) is 0 Å². The second-order valence-electron chi connectivity index (χ2n) is 7.38. The van der Waals surface area contributed by atoms with Crippen LogP contribution in [0.2, 0.25) is 0 Å². The Balaban J connectivity index is 1.95. The van der Waals surface area contributed by atoms with Gasteiger partial charge < -0.3 is 5.32 Å². The van der Waals surface area contributed by atoms with Crippen LogP contribution in [-0.4, -0.2) is 66.2 Å². The molecule has 0 radical (unpaired) electrons. The maximum Gasteiger partial charge on any atom is 0.242 e. The van der Waals surface area contributed by atoms with Crippen molar-refractivity contribution in [2.75, 3.05) is 43.5 Å². The molecule has 176 valence electrons. The Morgan fingerprint density at radius 1 is 1.00 bits per heavy atom. The van der Waals surface area contributed by atoms with Gasteiger partial charge in [-0.25, -0.2) is 21.1 Å². The molecule has 0 spiro atoms. The van der Waals surface area contributed by atoms with Crippen LogP contribution in [0.25, 0.3) is 0 Å². The summed E-state index contributed by atoms with van der Waals surface area (Å²) in [6.07, 6.45) is 1.00. The van der Waals surface area contributed by atoms with Crippen LogP contribution in [0.4, 0.5) is 5.69 Å². The van der Waals surface area contributed by atoms with E-state index in [0.717, 1.165) is 20.6 Å². The molecule has 0 heterocycles. The highest BCUT2D eigenvalue weighted by Gasteiger charge is 2.22. The van der Waals surface area contributed by atoms with E-state index in [2.05, 4.69) is 24.4 Å². The lowest BCUT2D eigenvalue weighted by Crippen LogP contribution is -2.41. The van der Waals surface area contributed by atoms with Crippen molar-refractivity contribution in [1.29, 1.82) is 0 Å². The number of anilines is 1. The highest BCUT2D eigenvalue weighted by Crippen LogP contribution is 2.21. The van der Waals surface area contributed by atoms with Crippen molar-refractivity contribution in [3.8, 4) is 0 Å². The minimum Gasteiger partial charge on any atom is -0.354 e. The SMILES string of the molecule is Cc1ccccc1CSCCNC(=O)CN(c1ccc(S(=O)(=O)N(C)C)cc1)S(C)(=O)=O. The van der Waals surface area contributed by atoms with Gasteiger partial charge in [0.15, 0.2) is 0 Å². The average molecular weight is 500 g/mol. The van der Waals surface area contributed by atoms with Crippen molar-refractivity contribution in [3.63, 3.8) is 0 Å². The van der Waals surface area contributed by atoms with Gasteiger partial charge in [-0.15, -0.1) is 0 Å². The van der Waals surface area contributed by atoms with Gasteiger partial charge in [0.2, 0.25) is 26.0 Å². The fourth-order valence-electron chi connectivity index (χ4n) is 2.80. The first kappa shape index (κ1) is 26.2. The molecule has 0 fully saturated rings. The molecule has 0 saturated heterocycles. The first-order valence-corrected chi connectivity index (χ1v) is 14.3. The number of nitrogens with one attached hydrogen (secondary N) is 1. The van der Waals surface area contributed by atoms with Gasteiger partial charge in [0.1, 0.15) is 6.54 Å². The van der Waals surface area contributed by atoms with Gasteiger partial charge in [0.05, 0.1) is 16.8 Å². The molecule has 1 amide bonds. The van der Waals surface area contributed by atoms with E-state index < -0.39 is 26.0 Å². The van der Waals surface area contributed by atoms with Gasteiger partial charge in [-0.3, -0.25) is 9.10 Å². The number of carbonyl (C=O) groups is 1. The molecule has 2 aromatic rings. The van der Waals surface area contributed by atoms with Crippen LogP contribution in [0.15, 0.2) is 53.4 Å². The maximum absolute atomic E-state index is 12.3. The molecule has 0 aliphatic rings. The number of hydrogen-bond acceptors (Lipinski definition) is 6. The molecule has 0 aliphatic carbocycles. The number of carbonyl (C=O) groups excluding carboxylic acids is 1. The number of nitrogens with zero attached hydrogens (tertiary/aromatic N) is 2. The molecular weight excluding hydrogens is 470 g/mol. The van der Waals surface area contributed by atoms with E-state index >= 15 is 0 Å². The number of sulfonamides is 2. The second kappa shape index (κ2) is 11.2. The van der Waals surface area contributed by atoms with Crippen LogP contribution in [-0.2, 0) is 30.6 Å². The van der Waals surface area contributed by atoms with Crippen molar-refractivity contribution in [2.45, 2.75) is 17.6 Å². The number of thioether (sulfide) groups is 1. The first-order valence-electron chi connectivity index (χ1n) is 9.82. The second-order valence-corrected chi connectivity index (χ2v) is 12.5. The summed E-state index contributed by atoms with van der Waals surface area (Å²) in [7, 11) is -4.56.